The van der Waals surface area contributed by atoms with Crippen LogP contribution in [0.2, 0.25) is 0 Å². The molecule has 2 rings (SSSR count). The van der Waals surface area contributed by atoms with Gasteiger partial charge in [-0.3, -0.25) is 0 Å². The molecule has 0 fully saturated rings. The fourth-order valence-corrected chi connectivity index (χ4v) is 1.80. The smallest absolute Gasteiger partial charge is 0.407 e. The highest BCUT2D eigenvalue weighted by Crippen LogP contribution is 2.07. The highest BCUT2D eigenvalue weighted by atomic mass is 16.6. The van der Waals surface area contributed by atoms with E-state index >= 15 is 0 Å². The van der Waals surface area contributed by atoms with Gasteiger partial charge in [0.25, 0.3) is 0 Å². The van der Waals surface area contributed by atoms with Crippen LogP contribution in [0.3, 0.4) is 0 Å². The molecule has 2 N–H and O–H groups in total. The molecule has 22 heavy (non-hydrogen) atoms. The number of nitrogens with zero attached hydrogens (tertiary/aromatic N) is 4. The van der Waals surface area contributed by atoms with Gasteiger partial charge in [0.2, 0.25) is 0 Å². The molecular formula is C14H22N6O2. The predicted octanol–water partition coefficient (Wildman–Crippen LogP) is 1.76. The summed E-state index contributed by atoms with van der Waals surface area (Å²) in [6, 6.07) is 3.71. The number of aryl methyl sites for hydroxylation is 1. The predicted molar refractivity (Wildman–Crippen MR) is 82.9 cm³/mol. The SMILES string of the molecule is Cc1nnc2ccc(NCCCNC(=O)OC(C)(C)C)nn12. The minimum absolute atomic E-state index is 0.396. The number of nitrogens with one attached hydrogen (secondary N) is 2. The van der Waals surface area contributed by atoms with Crippen molar-refractivity contribution in [2.75, 3.05) is 18.4 Å². The number of aromatic nitrogens is 4. The summed E-state index contributed by atoms with van der Waals surface area (Å²) in [5.41, 5.74) is 0.243. The van der Waals surface area contributed by atoms with Gasteiger partial charge in [0.1, 0.15) is 11.4 Å². The Morgan fingerprint density at radius 1 is 1.27 bits per heavy atom. The molecule has 8 nitrogen and oxygen atoms in total. The molecule has 0 aliphatic carbocycles. The summed E-state index contributed by atoms with van der Waals surface area (Å²) in [6.07, 6.45) is 0.368. The van der Waals surface area contributed by atoms with Crippen LogP contribution in [0.15, 0.2) is 12.1 Å². The first-order valence-corrected chi connectivity index (χ1v) is 7.25. The number of ether oxygens (including phenoxy) is 1. The van der Waals surface area contributed by atoms with E-state index in [0.29, 0.717) is 13.1 Å². The van der Waals surface area contributed by atoms with E-state index in [2.05, 4.69) is 25.9 Å². The maximum Gasteiger partial charge on any atom is 0.407 e. The molecule has 2 heterocycles. The maximum atomic E-state index is 11.5. The second-order valence-electron chi connectivity index (χ2n) is 5.94. The first-order chi connectivity index (χ1) is 10.3. The molecule has 1 amide bonds. The molecule has 0 aliphatic heterocycles. The summed E-state index contributed by atoms with van der Waals surface area (Å²) in [5.74, 6) is 1.48. The minimum Gasteiger partial charge on any atom is -0.444 e. The molecule has 8 heteroatoms. The normalized spacial score (nSPS) is 11.5. The van der Waals surface area contributed by atoms with E-state index in [1.807, 2.05) is 39.8 Å². The minimum atomic E-state index is -0.474. The first kappa shape index (κ1) is 16.0. The Kier molecular flexibility index (Phi) is 4.79. The topological polar surface area (TPSA) is 93.4 Å². The second kappa shape index (κ2) is 6.59. The van der Waals surface area contributed by atoms with E-state index in [4.69, 9.17) is 4.74 Å². The Morgan fingerprint density at radius 2 is 2.05 bits per heavy atom. The van der Waals surface area contributed by atoms with Crippen LogP contribution in [0.5, 0.6) is 0 Å². The number of alkyl carbamates (subject to hydrolysis) is 1. The monoisotopic (exact) mass is 306 g/mol. The van der Waals surface area contributed by atoms with E-state index in [9.17, 15) is 4.79 Å². The highest BCUT2D eigenvalue weighted by Gasteiger charge is 2.15. The van der Waals surface area contributed by atoms with Crippen LogP contribution in [-0.2, 0) is 4.74 Å². The number of carbonyl (C=O) groups is 1. The van der Waals surface area contributed by atoms with E-state index in [1.54, 1.807) is 4.52 Å². The van der Waals surface area contributed by atoms with Crippen molar-refractivity contribution in [1.82, 2.24) is 25.1 Å². The number of anilines is 1. The Hall–Kier alpha value is -2.38. The third kappa shape index (κ3) is 4.57. The van der Waals surface area contributed by atoms with Gasteiger partial charge in [-0.15, -0.1) is 15.3 Å². The lowest BCUT2D eigenvalue weighted by Gasteiger charge is -2.19. The van der Waals surface area contributed by atoms with Crippen molar-refractivity contribution in [3.05, 3.63) is 18.0 Å². The Balaban J connectivity index is 1.72. The zero-order chi connectivity index (χ0) is 16.2. The van der Waals surface area contributed by atoms with Crippen LogP contribution in [0.4, 0.5) is 10.6 Å². The van der Waals surface area contributed by atoms with Crippen molar-refractivity contribution in [2.24, 2.45) is 0 Å². The molecule has 0 saturated heterocycles. The van der Waals surface area contributed by atoms with Crippen LogP contribution < -0.4 is 10.6 Å². The molecule has 0 aliphatic rings. The first-order valence-electron chi connectivity index (χ1n) is 7.25. The van der Waals surface area contributed by atoms with Crippen LogP contribution in [-0.4, -0.2) is 44.6 Å². The molecule has 0 spiro atoms. The van der Waals surface area contributed by atoms with Crippen molar-refractivity contribution in [3.63, 3.8) is 0 Å². The van der Waals surface area contributed by atoms with Crippen molar-refractivity contribution in [3.8, 4) is 0 Å². The zero-order valence-corrected chi connectivity index (χ0v) is 13.4. The number of amides is 1. The van der Waals surface area contributed by atoms with Crippen LogP contribution in [0.25, 0.3) is 5.65 Å². The van der Waals surface area contributed by atoms with Gasteiger partial charge >= 0.3 is 6.09 Å². The van der Waals surface area contributed by atoms with Gasteiger partial charge in [0.15, 0.2) is 11.5 Å². The number of hydrogen-bond donors (Lipinski definition) is 2. The van der Waals surface area contributed by atoms with Crippen LogP contribution in [0, 0.1) is 6.92 Å². The summed E-state index contributed by atoms with van der Waals surface area (Å²) in [5, 5.41) is 18.2. The Morgan fingerprint density at radius 3 is 2.77 bits per heavy atom. The number of carbonyl (C=O) groups excluding carboxylic acids is 1. The lowest BCUT2D eigenvalue weighted by atomic mass is 10.2. The molecule has 0 aromatic carbocycles. The fraction of sp³-hybridized carbons (Fsp3) is 0.571. The Labute approximate surface area is 129 Å². The van der Waals surface area contributed by atoms with Crippen molar-refractivity contribution in [2.45, 2.75) is 39.7 Å². The van der Waals surface area contributed by atoms with Gasteiger partial charge in [-0.1, -0.05) is 0 Å². The third-order valence-electron chi connectivity index (χ3n) is 2.75. The summed E-state index contributed by atoms with van der Waals surface area (Å²) in [6.45, 7) is 8.58. The Bertz CT molecular complexity index is 646. The van der Waals surface area contributed by atoms with Crippen LogP contribution in [0.1, 0.15) is 33.0 Å². The zero-order valence-electron chi connectivity index (χ0n) is 13.4. The van der Waals surface area contributed by atoms with E-state index < -0.39 is 11.7 Å². The number of fused-ring (bicyclic) bond motifs is 1. The van der Waals surface area contributed by atoms with Crippen LogP contribution >= 0.6 is 0 Å². The maximum absolute atomic E-state index is 11.5. The number of hydrogen-bond acceptors (Lipinski definition) is 6. The third-order valence-corrected chi connectivity index (χ3v) is 2.75. The molecule has 2 aromatic heterocycles. The average Bonchev–Trinajstić information content (AvgIpc) is 2.78. The molecule has 2 aromatic rings. The van der Waals surface area contributed by atoms with E-state index in [0.717, 1.165) is 23.7 Å². The van der Waals surface area contributed by atoms with Gasteiger partial charge in [-0.05, 0) is 46.2 Å². The lowest BCUT2D eigenvalue weighted by Crippen LogP contribution is -2.33. The second-order valence-corrected chi connectivity index (χ2v) is 5.94. The molecule has 120 valence electrons. The van der Waals surface area contributed by atoms with E-state index in [1.165, 1.54) is 0 Å². The summed E-state index contributed by atoms with van der Waals surface area (Å²) < 4.78 is 6.84. The number of rotatable bonds is 5. The van der Waals surface area contributed by atoms with E-state index in [-0.39, 0.29) is 0 Å². The molecule has 0 saturated carbocycles. The highest BCUT2D eigenvalue weighted by molar-refractivity contribution is 5.67. The summed E-state index contributed by atoms with van der Waals surface area (Å²) in [7, 11) is 0. The summed E-state index contributed by atoms with van der Waals surface area (Å²) in [4.78, 5) is 11.5. The molecule has 0 bridgehead atoms. The quantitative estimate of drug-likeness (QED) is 0.818. The van der Waals surface area contributed by atoms with Gasteiger partial charge in [0, 0.05) is 13.1 Å². The van der Waals surface area contributed by atoms with Crippen molar-refractivity contribution < 1.29 is 9.53 Å². The van der Waals surface area contributed by atoms with Gasteiger partial charge in [-0.25, -0.2) is 4.79 Å². The molecule has 0 radical (unpaired) electrons. The average molecular weight is 306 g/mol. The van der Waals surface area contributed by atoms with Gasteiger partial charge < -0.3 is 15.4 Å². The van der Waals surface area contributed by atoms with Gasteiger partial charge in [-0.2, -0.15) is 4.52 Å². The summed E-state index contributed by atoms with van der Waals surface area (Å²) >= 11 is 0. The lowest BCUT2D eigenvalue weighted by molar-refractivity contribution is 0.0528. The largest absolute Gasteiger partial charge is 0.444 e. The molecular weight excluding hydrogens is 284 g/mol. The van der Waals surface area contributed by atoms with Gasteiger partial charge in [0.05, 0.1) is 0 Å². The van der Waals surface area contributed by atoms with Crippen molar-refractivity contribution >= 4 is 17.6 Å². The molecule has 0 atom stereocenters. The fourth-order valence-electron chi connectivity index (χ4n) is 1.80. The van der Waals surface area contributed by atoms with Crippen molar-refractivity contribution in [1.29, 1.82) is 0 Å². The molecule has 0 unspecified atom stereocenters. The standard InChI is InChI=1S/C14H22N6O2/c1-10-17-18-12-7-6-11(19-20(10)12)15-8-5-9-16-13(21)22-14(2,3)4/h6-7H,5,8-9H2,1-4H3,(H,15,19)(H,16,21).